The van der Waals surface area contributed by atoms with Crippen molar-refractivity contribution in [2.45, 2.75) is 59.8 Å². The molecule has 2 bridgehead atoms. The van der Waals surface area contributed by atoms with E-state index in [9.17, 15) is 0 Å². The third-order valence-electron chi connectivity index (χ3n) is 6.77. The standard InChI is InChI=1S/C15H26.H2/c1-10-7-8-15-9-12(10)14(3,4)13(15)6-5-11(15)2;/h10-13H,5-9H2,1-4H3;1H/t10?,11-,12?,13-,15-;/m0./s1. The van der Waals surface area contributed by atoms with Gasteiger partial charge >= 0.3 is 0 Å². The second-order valence-corrected chi connectivity index (χ2v) is 7.41. The van der Waals surface area contributed by atoms with Gasteiger partial charge in [-0.3, -0.25) is 0 Å². The van der Waals surface area contributed by atoms with Crippen molar-refractivity contribution in [2.75, 3.05) is 0 Å². The molecule has 0 heterocycles. The largest absolute Gasteiger partial charge is 0.0622 e. The zero-order valence-electron chi connectivity index (χ0n) is 10.8. The lowest BCUT2D eigenvalue weighted by molar-refractivity contribution is 0.104. The Balaban J connectivity index is 0.000000963. The minimum atomic E-state index is 0. The summed E-state index contributed by atoms with van der Waals surface area (Å²) in [5, 5.41) is 0. The molecule has 3 fully saturated rings. The summed E-state index contributed by atoms with van der Waals surface area (Å²) in [7, 11) is 0. The Morgan fingerprint density at radius 1 is 1.07 bits per heavy atom. The molecule has 0 nitrogen and oxygen atoms in total. The van der Waals surface area contributed by atoms with Gasteiger partial charge in [0.25, 0.3) is 0 Å². The molecule has 0 aliphatic heterocycles. The van der Waals surface area contributed by atoms with Crippen LogP contribution in [-0.4, -0.2) is 0 Å². The molecule has 0 aromatic heterocycles. The van der Waals surface area contributed by atoms with Crippen LogP contribution in [0, 0.1) is 34.5 Å². The van der Waals surface area contributed by atoms with Gasteiger partial charge in [-0.05, 0) is 66.6 Å². The van der Waals surface area contributed by atoms with Crippen molar-refractivity contribution < 1.29 is 1.43 Å². The first-order valence-electron chi connectivity index (χ1n) is 6.98. The molecule has 3 rings (SSSR count). The molecule has 2 unspecified atom stereocenters. The Morgan fingerprint density at radius 2 is 1.80 bits per heavy atom. The van der Waals surface area contributed by atoms with Crippen LogP contribution >= 0.6 is 0 Å². The van der Waals surface area contributed by atoms with Gasteiger partial charge in [-0.1, -0.05) is 27.7 Å². The maximum Gasteiger partial charge on any atom is 0 e. The van der Waals surface area contributed by atoms with Crippen molar-refractivity contribution in [2.24, 2.45) is 34.5 Å². The van der Waals surface area contributed by atoms with E-state index in [2.05, 4.69) is 27.7 Å². The van der Waals surface area contributed by atoms with E-state index < -0.39 is 0 Å². The molecule has 3 aliphatic carbocycles. The second kappa shape index (κ2) is 2.81. The van der Waals surface area contributed by atoms with Crippen molar-refractivity contribution in [1.82, 2.24) is 0 Å². The third kappa shape index (κ3) is 1.04. The fourth-order valence-corrected chi connectivity index (χ4v) is 5.88. The lowest BCUT2D eigenvalue weighted by Gasteiger charge is -2.39. The first kappa shape index (κ1) is 10.2. The zero-order valence-corrected chi connectivity index (χ0v) is 10.8. The van der Waals surface area contributed by atoms with Gasteiger partial charge in [0.05, 0.1) is 0 Å². The molecule has 88 valence electrons. The summed E-state index contributed by atoms with van der Waals surface area (Å²) >= 11 is 0. The maximum absolute atomic E-state index is 2.57. The van der Waals surface area contributed by atoms with Crippen LogP contribution in [0.5, 0.6) is 0 Å². The SMILES string of the molecule is CC1CC[C@@]23CC1C(C)(C)[C@@H]2CC[C@@H]3C.[HH]. The van der Waals surface area contributed by atoms with Gasteiger partial charge in [0.1, 0.15) is 0 Å². The smallest absolute Gasteiger partial charge is 0 e. The first-order valence-corrected chi connectivity index (χ1v) is 6.98. The molecule has 0 aromatic rings. The van der Waals surface area contributed by atoms with Gasteiger partial charge in [-0.15, -0.1) is 0 Å². The molecule has 0 heteroatoms. The van der Waals surface area contributed by atoms with Crippen molar-refractivity contribution in [3.05, 3.63) is 0 Å². The monoisotopic (exact) mass is 208 g/mol. The lowest BCUT2D eigenvalue weighted by atomic mass is 9.66. The summed E-state index contributed by atoms with van der Waals surface area (Å²) in [6.07, 6.45) is 7.65. The van der Waals surface area contributed by atoms with Crippen LogP contribution in [-0.2, 0) is 0 Å². The molecular weight excluding hydrogens is 180 g/mol. The van der Waals surface area contributed by atoms with Gasteiger partial charge in [-0.25, -0.2) is 0 Å². The summed E-state index contributed by atoms with van der Waals surface area (Å²) in [5.41, 5.74) is 1.42. The van der Waals surface area contributed by atoms with Crippen molar-refractivity contribution >= 4 is 0 Å². The molecule has 0 radical (unpaired) electrons. The van der Waals surface area contributed by atoms with Crippen molar-refractivity contribution in [3.8, 4) is 0 Å². The van der Waals surface area contributed by atoms with Crippen LogP contribution in [0.3, 0.4) is 0 Å². The van der Waals surface area contributed by atoms with Crippen molar-refractivity contribution in [3.63, 3.8) is 0 Å². The highest BCUT2D eigenvalue weighted by atomic mass is 14.7. The highest BCUT2D eigenvalue weighted by Crippen LogP contribution is 2.72. The third-order valence-corrected chi connectivity index (χ3v) is 6.77. The van der Waals surface area contributed by atoms with E-state index in [1.807, 2.05) is 0 Å². The quantitative estimate of drug-likeness (QED) is 0.539. The molecule has 3 aliphatic rings. The van der Waals surface area contributed by atoms with Gasteiger partial charge in [-0.2, -0.15) is 0 Å². The number of fused-ring (bicyclic) bond motifs is 1. The Morgan fingerprint density at radius 3 is 2.53 bits per heavy atom. The summed E-state index contributed by atoms with van der Waals surface area (Å²) in [4.78, 5) is 0. The van der Waals surface area contributed by atoms with E-state index in [0.29, 0.717) is 5.41 Å². The highest BCUT2D eigenvalue weighted by Gasteiger charge is 2.64. The minimum absolute atomic E-state index is 0. The Kier molecular flexibility index (Phi) is 1.91. The molecule has 3 saturated carbocycles. The van der Waals surface area contributed by atoms with Gasteiger partial charge in [0, 0.05) is 1.43 Å². The fourth-order valence-electron chi connectivity index (χ4n) is 5.88. The van der Waals surface area contributed by atoms with E-state index in [-0.39, 0.29) is 1.43 Å². The van der Waals surface area contributed by atoms with Gasteiger partial charge in [0.15, 0.2) is 0 Å². The Labute approximate surface area is 96.3 Å². The minimum Gasteiger partial charge on any atom is -0.0622 e. The summed E-state index contributed by atoms with van der Waals surface area (Å²) in [5.74, 6) is 4.08. The molecule has 0 amide bonds. The molecule has 0 N–H and O–H groups in total. The van der Waals surface area contributed by atoms with Crippen LogP contribution in [0.1, 0.15) is 61.2 Å². The van der Waals surface area contributed by atoms with Crippen LogP contribution in [0.25, 0.3) is 0 Å². The zero-order chi connectivity index (χ0) is 10.8. The van der Waals surface area contributed by atoms with E-state index in [4.69, 9.17) is 0 Å². The van der Waals surface area contributed by atoms with Gasteiger partial charge in [0.2, 0.25) is 0 Å². The average molecular weight is 208 g/mol. The van der Waals surface area contributed by atoms with E-state index in [1.54, 1.807) is 12.8 Å². The Hall–Kier alpha value is 0. The summed E-state index contributed by atoms with van der Waals surface area (Å²) in [6.45, 7) is 10.2. The molecule has 0 saturated heterocycles. The van der Waals surface area contributed by atoms with E-state index in [1.165, 1.54) is 19.3 Å². The normalized spacial score (nSPS) is 56.8. The number of hydrogen-bond acceptors (Lipinski definition) is 0. The topological polar surface area (TPSA) is 0 Å². The van der Waals surface area contributed by atoms with Crippen LogP contribution < -0.4 is 0 Å². The van der Waals surface area contributed by atoms with Gasteiger partial charge < -0.3 is 0 Å². The summed E-state index contributed by atoms with van der Waals surface area (Å²) < 4.78 is 0. The average Bonchev–Trinajstić information content (AvgIpc) is 2.57. The predicted octanol–water partition coefficient (Wildman–Crippen LogP) is 4.74. The van der Waals surface area contributed by atoms with E-state index in [0.717, 1.165) is 29.1 Å². The molecular formula is C15H28. The number of hydrogen-bond donors (Lipinski definition) is 0. The van der Waals surface area contributed by atoms with Crippen LogP contribution in [0.15, 0.2) is 0 Å². The first-order chi connectivity index (χ1) is 6.98. The second-order valence-electron chi connectivity index (χ2n) is 7.41. The fraction of sp³-hybridized carbons (Fsp3) is 1.00. The molecule has 15 heavy (non-hydrogen) atoms. The van der Waals surface area contributed by atoms with Crippen LogP contribution in [0.2, 0.25) is 0 Å². The Bertz CT molecular complexity index is 283. The highest BCUT2D eigenvalue weighted by molar-refractivity contribution is 5.13. The predicted molar refractivity (Wildman–Crippen MR) is 66.7 cm³/mol. The molecule has 1 spiro atoms. The maximum atomic E-state index is 2.57. The molecule has 5 atom stereocenters. The van der Waals surface area contributed by atoms with Crippen molar-refractivity contribution in [1.29, 1.82) is 0 Å². The lowest BCUT2D eigenvalue weighted by Crippen LogP contribution is -2.30. The van der Waals surface area contributed by atoms with Crippen LogP contribution in [0.4, 0.5) is 0 Å². The van der Waals surface area contributed by atoms with E-state index >= 15 is 0 Å². The summed E-state index contributed by atoms with van der Waals surface area (Å²) in [6, 6.07) is 0. The number of rotatable bonds is 0. The molecule has 0 aromatic carbocycles.